The highest BCUT2D eigenvalue weighted by Crippen LogP contribution is 2.41. The molecule has 0 aliphatic carbocycles. The van der Waals surface area contributed by atoms with Crippen LogP contribution >= 0.6 is 23.2 Å². The molecule has 1 aromatic carbocycles. The monoisotopic (exact) mass is 357 g/mol. The van der Waals surface area contributed by atoms with Crippen molar-refractivity contribution in [3.05, 3.63) is 40.4 Å². The van der Waals surface area contributed by atoms with Gasteiger partial charge < -0.3 is 9.84 Å². The molecule has 1 aromatic rings. The second kappa shape index (κ2) is 7.79. The van der Waals surface area contributed by atoms with Crippen LogP contribution < -0.4 is 16.0 Å². The van der Waals surface area contributed by atoms with Crippen molar-refractivity contribution in [3.8, 4) is 5.75 Å². The smallest absolute Gasteiger partial charge is 0.268 e. The molecule has 0 saturated heterocycles. The lowest BCUT2D eigenvalue weighted by Crippen LogP contribution is -2.42. The Labute approximate surface area is 143 Å². The van der Waals surface area contributed by atoms with Gasteiger partial charge in [0.15, 0.2) is 6.10 Å². The Bertz CT molecular complexity index is 649. The van der Waals surface area contributed by atoms with Gasteiger partial charge in [-0.2, -0.15) is 0 Å². The van der Waals surface area contributed by atoms with Crippen LogP contribution in [-0.4, -0.2) is 36.0 Å². The number of benzene rings is 1. The van der Waals surface area contributed by atoms with E-state index in [1.165, 1.54) is 0 Å². The second-order valence-corrected chi connectivity index (χ2v) is 5.80. The lowest BCUT2D eigenvalue weighted by atomic mass is 9.93. The Kier molecular flexibility index (Phi) is 6.01. The Balaban J connectivity index is 2.25. The second-order valence-electron chi connectivity index (χ2n) is 5.02. The number of nitrogens with one attached hydrogen (secondary N) is 1. The summed E-state index contributed by atoms with van der Waals surface area (Å²) in [6.07, 6.45) is 0.609. The number of carbonyl (C=O) groups is 1. The zero-order valence-corrected chi connectivity index (χ0v) is 13.8. The van der Waals surface area contributed by atoms with Crippen molar-refractivity contribution in [1.29, 1.82) is 0 Å². The topological polar surface area (TPSA) is 96.9 Å². The maximum absolute atomic E-state index is 11.4. The van der Waals surface area contributed by atoms with Gasteiger partial charge in [0.1, 0.15) is 12.4 Å². The number of hydrogen-bond acceptors (Lipinski definition) is 5. The largest absolute Gasteiger partial charge is 0.489 e. The molecule has 0 radical (unpaired) electrons. The van der Waals surface area contributed by atoms with Gasteiger partial charge in [0.2, 0.25) is 0 Å². The average molecular weight is 358 g/mol. The van der Waals surface area contributed by atoms with Crippen LogP contribution in [0.2, 0.25) is 10.0 Å². The molecule has 23 heavy (non-hydrogen) atoms. The first-order valence-electron chi connectivity index (χ1n) is 6.92. The van der Waals surface area contributed by atoms with E-state index in [1.54, 1.807) is 18.2 Å². The van der Waals surface area contributed by atoms with E-state index in [0.29, 0.717) is 46.6 Å². The quantitative estimate of drug-likeness (QED) is 0.313. The van der Waals surface area contributed by atoms with Crippen LogP contribution in [0.5, 0.6) is 5.75 Å². The zero-order valence-electron chi connectivity index (χ0n) is 12.3. The summed E-state index contributed by atoms with van der Waals surface area (Å²) >= 11 is 12.4. The average Bonchev–Trinajstić information content (AvgIpc) is 3.03. The molecule has 0 saturated carbocycles. The molecule has 1 amide bonds. The third-order valence-electron chi connectivity index (χ3n) is 3.53. The van der Waals surface area contributed by atoms with E-state index in [-0.39, 0.29) is 5.92 Å². The number of aliphatic hydroxyl groups excluding tert-OH is 1. The summed E-state index contributed by atoms with van der Waals surface area (Å²) in [5.41, 5.74) is 2.96. The van der Waals surface area contributed by atoms with Crippen LogP contribution in [0.15, 0.2) is 29.8 Å². The molecule has 0 spiro atoms. The van der Waals surface area contributed by atoms with Crippen LogP contribution in [0.1, 0.15) is 17.9 Å². The molecular formula is C15H17Cl2N3O3. The maximum Gasteiger partial charge on any atom is 0.268 e. The number of nitrogens with zero attached hydrogens (tertiary/aromatic N) is 1. The Morgan fingerprint density at radius 2 is 2.35 bits per heavy atom. The molecule has 2 rings (SSSR count). The van der Waals surface area contributed by atoms with Crippen LogP contribution in [-0.2, 0) is 4.79 Å². The number of nitrogens with two attached hydrogens (primary N) is 1. The zero-order chi connectivity index (χ0) is 17.0. The predicted molar refractivity (Wildman–Crippen MR) is 90.2 cm³/mol. The number of amides is 1. The Hall–Kier alpha value is -1.60. The minimum Gasteiger partial charge on any atom is -0.489 e. The van der Waals surface area contributed by atoms with Crippen molar-refractivity contribution in [1.82, 2.24) is 5.43 Å². The first kappa shape index (κ1) is 17.7. The number of ether oxygens (including phenoxy) is 1. The summed E-state index contributed by atoms with van der Waals surface area (Å²) in [6, 6.07) is 3.38. The first-order chi connectivity index (χ1) is 11.0. The summed E-state index contributed by atoms with van der Waals surface area (Å²) in [4.78, 5) is 15.6. The van der Waals surface area contributed by atoms with E-state index in [0.717, 1.165) is 0 Å². The Morgan fingerprint density at radius 1 is 1.61 bits per heavy atom. The number of hydrazine groups is 1. The van der Waals surface area contributed by atoms with Gasteiger partial charge in [-0.3, -0.25) is 15.2 Å². The molecule has 1 aliphatic heterocycles. The van der Waals surface area contributed by atoms with E-state index in [2.05, 4.69) is 11.6 Å². The molecule has 8 heteroatoms. The van der Waals surface area contributed by atoms with Gasteiger partial charge in [-0.15, -0.1) is 0 Å². The summed E-state index contributed by atoms with van der Waals surface area (Å²) in [7, 11) is 0. The van der Waals surface area contributed by atoms with Crippen molar-refractivity contribution in [2.24, 2.45) is 10.8 Å². The highest BCUT2D eigenvalue weighted by atomic mass is 35.5. The standard InChI is InChI=1S/C15H17Cl2N3O3/c1-2-5-23-11-4-3-9(16)13(17)12(11)8-6-10(19-7-8)14(21)15(22)20-18/h2-4,8,14,21H,1,5-7,18H2,(H,20,22). The number of aliphatic hydroxyl groups is 1. The maximum atomic E-state index is 11.4. The molecule has 2 atom stereocenters. The summed E-state index contributed by atoms with van der Waals surface area (Å²) in [6.45, 7) is 4.30. The van der Waals surface area contributed by atoms with Gasteiger partial charge in [0.05, 0.1) is 15.8 Å². The van der Waals surface area contributed by atoms with E-state index >= 15 is 0 Å². The fourth-order valence-electron chi connectivity index (χ4n) is 2.43. The van der Waals surface area contributed by atoms with Crippen molar-refractivity contribution < 1.29 is 14.6 Å². The van der Waals surface area contributed by atoms with Crippen LogP contribution in [0.4, 0.5) is 0 Å². The van der Waals surface area contributed by atoms with Crippen molar-refractivity contribution >= 4 is 34.8 Å². The van der Waals surface area contributed by atoms with Gasteiger partial charge in [0, 0.05) is 18.0 Å². The van der Waals surface area contributed by atoms with Crippen molar-refractivity contribution in [2.45, 2.75) is 18.4 Å². The minimum atomic E-state index is -1.37. The molecule has 2 unspecified atom stereocenters. The van der Waals surface area contributed by atoms with E-state index < -0.39 is 12.0 Å². The molecule has 0 aromatic heterocycles. The van der Waals surface area contributed by atoms with Crippen molar-refractivity contribution in [2.75, 3.05) is 13.2 Å². The van der Waals surface area contributed by atoms with E-state index in [1.807, 2.05) is 5.43 Å². The fourth-order valence-corrected chi connectivity index (χ4v) is 2.91. The molecule has 1 heterocycles. The van der Waals surface area contributed by atoms with E-state index in [9.17, 15) is 9.90 Å². The molecule has 6 nitrogen and oxygen atoms in total. The summed E-state index contributed by atoms with van der Waals surface area (Å²) in [5, 5.41) is 10.7. The van der Waals surface area contributed by atoms with Gasteiger partial charge >= 0.3 is 0 Å². The predicted octanol–water partition coefficient (Wildman–Crippen LogP) is 1.84. The number of halogens is 2. The van der Waals surface area contributed by atoms with Crippen LogP contribution in [0, 0.1) is 0 Å². The number of aliphatic imine (C=N–C) groups is 1. The van der Waals surface area contributed by atoms with Crippen molar-refractivity contribution in [3.63, 3.8) is 0 Å². The molecule has 0 fully saturated rings. The van der Waals surface area contributed by atoms with Gasteiger partial charge in [0.25, 0.3) is 5.91 Å². The third-order valence-corrected chi connectivity index (χ3v) is 4.35. The number of rotatable bonds is 6. The van der Waals surface area contributed by atoms with Gasteiger partial charge in [-0.1, -0.05) is 35.9 Å². The van der Waals surface area contributed by atoms with Gasteiger partial charge in [-0.05, 0) is 18.6 Å². The Morgan fingerprint density at radius 3 is 3.00 bits per heavy atom. The van der Waals surface area contributed by atoms with Crippen LogP contribution in [0.25, 0.3) is 0 Å². The molecule has 124 valence electrons. The highest BCUT2D eigenvalue weighted by molar-refractivity contribution is 6.42. The molecular weight excluding hydrogens is 341 g/mol. The molecule has 4 N–H and O–H groups in total. The minimum absolute atomic E-state index is 0.142. The number of carbonyl (C=O) groups excluding carboxylic acids is 1. The summed E-state index contributed by atoms with van der Waals surface area (Å²) in [5.74, 6) is 4.76. The fraction of sp³-hybridized carbons (Fsp3) is 0.333. The SMILES string of the molecule is C=CCOc1ccc(Cl)c(Cl)c1C1CN=C(C(O)C(=O)NN)C1. The highest BCUT2D eigenvalue weighted by Gasteiger charge is 2.32. The third kappa shape index (κ3) is 3.84. The normalized spacial score (nSPS) is 18.3. The first-order valence-corrected chi connectivity index (χ1v) is 7.68. The molecule has 1 aliphatic rings. The van der Waals surface area contributed by atoms with Crippen LogP contribution in [0.3, 0.4) is 0 Å². The lowest BCUT2D eigenvalue weighted by Gasteiger charge is -2.18. The molecule has 0 bridgehead atoms. The summed E-state index contributed by atoms with van der Waals surface area (Å²) < 4.78 is 5.63. The van der Waals surface area contributed by atoms with Gasteiger partial charge in [-0.25, -0.2) is 5.84 Å². The number of hydrogen-bond donors (Lipinski definition) is 3. The van der Waals surface area contributed by atoms with E-state index in [4.69, 9.17) is 33.8 Å². The lowest BCUT2D eigenvalue weighted by molar-refractivity contribution is -0.126.